The van der Waals surface area contributed by atoms with Crippen LogP contribution >= 0.6 is 0 Å². The van der Waals surface area contributed by atoms with Crippen LogP contribution < -0.4 is 4.72 Å². The van der Waals surface area contributed by atoms with Gasteiger partial charge < -0.3 is 10.0 Å². The number of carbonyl (C=O) groups is 2. The van der Waals surface area contributed by atoms with Crippen LogP contribution in [-0.4, -0.2) is 55.2 Å². The molecule has 0 aromatic carbocycles. The highest BCUT2D eigenvalue weighted by molar-refractivity contribution is 7.90. The Hall–Kier alpha value is -1.15. The van der Waals surface area contributed by atoms with Crippen LogP contribution in [0, 0.1) is 11.8 Å². The van der Waals surface area contributed by atoms with Crippen molar-refractivity contribution in [3.63, 3.8) is 0 Å². The summed E-state index contributed by atoms with van der Waals surface area (Å²) < 4.78 is 27.0. The highest BCUT2D eigenvalue weighted by atomic mass is 32.2. The van der Waals surface area contributed by atoms with Crippen molar-refractivity contribution in [1.29, 1.82) is 0 Å². The maximum absolute atomic E-state index is 12.2. The van der Waals surface area contributed by atoms with Gasteiger partial charge in [0.25, 0.3) is 0 Å². The Labute approximate surface area is 137 Å². The van der Waals surface area contributed by atoms with E-state index in [1.165, 1.54) is 4.90 Å². The van der Waals surface area contributed by atoms with Crippen molar-refractivity contribution < 1.29 is 23.1 Å². The molecule has 2 N–H and O–H groups in total. The summed E-state index contributed by atoms with van der Waals surface area (Å²) in [5.41, 5.74) is 0. The second kappa shape index (κ2) is 7.61. The predicted octanol–water partition coefficient (Wildman–Crippen LogP) is 0.808. The maximum Gasteiger partial charge on any atom is 0.308 e. The second-order valence-electron chi connectivity index (χ2n) is 6.85. The fourth-order valence-electron chi connectivity index (χ4n) is 3.33. The number of piperidine rings is 1. The largest absolute Gasteiger partial charge is 0.481 e. The number of carbonyl (C=O) groups excluding carboxylic acids is 1. The van der Waals surface area contributed by atoms with E-state index in [1.807, 2.05) is 0 Å². The number of nitrogens with zero attached hydrogens (tertiary/aromatic N) is 1. The molecule has 0 bridgehead atoms. The molecule has 0 radical (unpaired) electrons. The lowest BCUT2D eigenvalue weighted by Crippen LogP contribution is -2.47. The highest BCUT2D eigenvalue weighted by Crippen LogP contribution is 2.24. The third kappa shape index (κ3) is 5.46. The average molecular weight is 346 g/mol. The number of rotatable bonds is 5. The Morgan fingerprint density at radius 1 is 1.17 bits per heavy atom. The van der Waals surface area contributed by atoms with E-state index in [0.29, 0.717) is 25.3 Å². The Bertz CT molecular complexity index is 540. The van der Waals surface area contributed by atoms with E-state index < -0.39 is 33.6 Å². The van der Waals surface area contributed by atoms with Crippen LogP contribution in [0.1, 0.15) is 45.4 Å². The number of sulfonamides is 1. The Morgan fingerprint density at radius 2 is 1.83 bits per heavy atom. The number of likely N-dealkylation sites (tertiary alicyclic amines) is 1. The number of aliphatic carboxylic acids is 1. The third-order valence-corrected chi connectivity index (χ3v) is 6.12. The molecular weight excluding hydrogens is 320 g/mol. The van der Waals surface area contributed by atoms with E-state index in [4.69, 9.17) is 5.11 Å². The number of nitrogens with one attached hydrogen (secondary N) is 1. The lowest BCUT2D eigenvalue weighted by molar-refractivity contribution is -0.145. The second-order valence-corrected chi connectivity index (χ2v) is 8.60. The maximum atomic E-state index is 12.2. The molecule has 7 nitrogen and oxygen atoms in total. The molecule has 1 heterocycles. The smallest absolute Gasteiger partial charge is 0.308 e. The van der Waals surface area contributed by atoms with E-state index in [9.17, 15) is 18.0 Å². The highest BCUT2D eigenvalue weighted by Gasteiger charge is 2.31. The van der Waals surface area contributed by atoms with Gasteiger partial charge in [-0.05, 0) is 44.4 Å². The number of carboxylic acid groups (broad SMARTS) is 1. The summed E-state index contributed by atoms with van der Waals surface area (Å²) in [4.78, 5) is 24.6. The molecule has 2 fully saturated rings. The molecule has 0 aromatic rings. The van der Waals surface area contributed by atoms with Crippen molar-refractivity contribution in [2.45, 2.75) is 51.5 Å². The van der Waals surface area contributed by atoms with E-state index >= 15 is 0 Å². The molecule has 132 valence electrons. The molecule has 8 heteroatoms. The van der Waals surface area contributed by atoms with Gasteiger partial charge in [-0.3, -0.25) is 9.59 Å². The quantitative estimate of drug-likeness (QED) is 0.766. The molecule has 0 unspecified atom stereocenters. The molecule has 0 spiro atoms. The van der Waals surface area contributed by atoms with Gasteiger partial charge in [0.05, 0.1) is 5.92 Å². The van der Waals surface area contributed by atoms with Crippen LogP contribution in [0.3, 0.4) is 0 Å². The zero-order valence-electron chi connectivity index (χ0n) is 13.5. The fourth-order valence-corrected chi connectivity index (χ4v) is 4.67. The van der Waals surface area contributed by atoms with Crippen molar-refractivity contribution >= 4 is 21.9 Å². The first-order valence-corrected chi connectivity index (χ1v) is 9.92. The summed E-state index contributed by atoms with van der Waals surface area (Å²) in [6, 6.07) is -0.0860. The lowest BCUT2D eigenvalue weighted by Gasteiger charge is -2.31. The zero-order chi connectivity index (χ0) is 17.0. The molecule has 1 aliphatic carbocycles. The molecule has 1 amide bonds. The summed E-state index contributed by atoms with van der Waals surface area (Å²) in [5.74, 6) is -2.00. The van der Waals surface area contributed by atoms with Crippen LogP contribution in [0.15, 0.2) is 0 Å². The van der Waals surface area contributed by atoms with Crippen LogP contribution in [0.5, 0.6) is 0 Å². The Balaban J connectivity index is 1.86. The zero-order valence-corrected chi connectivity index (χ0v) is 14.3. The Kier molecular flexibility index (Phi) is 6.02. The molecule has 2 aliphatic rings. The van der Waals surface area contributed by atoms with Gasteiger partial charge in [-0.25, -0.2) is 13.1 Å². The molecule has 1 atom stereocenters. The predicted molar refractivity (Wildman–Crippen MR) is 85.3 cm³/mol. The van der Waals surface area contributed by atoms with Crippen molar-refractivity contribution in [3.8, 4) is 0 Å². The number of carboxylic acids is 1. The van der Waals surface area contributed by atoms with Crippen LogP contribution in [-0.2, 0) is 19.6 Å². The van der Waals surface area contributed by atoms with Gasteiger partial charge in [0.15, 0.2) is 0 Å². The first-order chi connectivity index (χ1) is 10.8. The number of hydrogen-bond acceptors (Lipinski definition) is 4. The standard InChI is InChI=1S/C15H26N2O5S/c1-11-4-6-13(7-5-11)16-23(21,22)10-14(18)17-8-2-3-12(9-17)15(19)20/h11-13,16H,2-10H2,1H3,(H,19,20)/t11?,12-,13?/m1/s1. The van der Waals surface area contributed by atoms with E-state index in [2.05, 4.69) is 11.6 Å². The van der Waals surface area contributed by atoms with Crippen molar-refractivity contribution in [2.24, 2.45) is 11.8 Å². The molecule has 1 saturated heterocycles. The molecule has 1 saturated carbocycles. The summed E-state index contributed by atoms with van der Waals surface area (Å²) in [6.07, 6.45) is 4.72. The van der Waals surface area contributed by atoms with E-state index in [-0.39, 0.29) is 12.6 Å². The molecule has 23 heavy (non-hydrogen) atoms. The lowest BCUT2D eigenvalue weighted by atomic mass is 9.88. The minimum atomic E-state index is -3.67. The summed E-state index contributed by atoms with van der Waals surface area (Å²) in [7, 11) is -3.67. The SMILES string of the molecule is CC1CCC(NS(=O)(=O)CC(=O)N2CCC[C@@H](C(=O)O)C2)CC1. The van der Waals surface area contributed by atoms with Crippen molar-refractivity contribution in [2.75, 3.05) is 18.8 Å². The summed E-state index contributed by atoms with van der Waals surface area (Å²) >= 11 is 0. The van der Waals surface area contributed by atoms with Crippen molar-refractivity contribution in [1.82, 2.24) is 9.62 Å². The summed E-state index contributed by atoms with van der Waals surface area (Å²) in [5, 5.41) is 9.04. The Morgan fingerprint density at radius 3 is 2.43 bits per heavy atom. The van der Waals surface area contributed by atoms with Gasteiger partial charge in [0, 0.05) is 19.1 Å². The van der Waals surface area contributed by atoms with Gasteiger partial charge in [-0.1, -0.05) is 6.92 Å². The molecule has 0 aromatic heterocycles. The van der Waals surface area contributed by atoms with Gasteiger partial charge >= 0.3 is 5.97 Å². The first-order valence-electron chi connectivity index (χ1n) is 8.27. The minimum absolute atomic E-state index is 0.0860. The number of hydrogen-bond donors (Lipinski definition) is 2. The van der Waals surface area contributed by atoms with Crippen LogP contribution in [0.2, 0.25) is 0 Å². The topological polar surface area (TPSA) is 104 Å². The van der Waals surface area contributed by atoms with Gasteiger partial charge in [-0.15, -0.1) is 0 Å². The van der Waals surface area contributed by atoms with Crippen molar-refractivity contribution in [3.05, 3.63) is 0 Å². The third-order valence-electron chi connectivity index (χ3n) is 4.80. The fraction of sp³-hybridized carbons (Fsp3) is 0.867. The average Bonchev–Trinajstić information content (AvgIpc) is 2.49. The minimum Gasteiger partial charge on any atom is -0.481 e. The van der Waals surface area contributed by atoms with E-state index in [1.54, 1.807) is 0 Å². The monoisotopic (exact) mass is 346 g/mol. The normalized spacial score (nSPS) is 29.3. The van der Waals surface area contributed by atoms with Gasteiger partial charge in [-0.2, -0.15) is 0 Å². The van der Waals surface area contributed by atoms with Crippen LogP contribution in [0.4, 0.5) is 0 Å². The van der Waals surface area contributed by atoms with E-state index in [0.717, 1.165) is 25.7 Å². The number of amides is 1. The van der Waals surface area contributed by atoms with Gasteiger partial charge in [0.2, 0.25) is 15.9 Å². The summed E-state index contributed by atoms with van der Waals surface area (Å²) in [6.45, 7) is 2.69. The first kappa shape index (κ1) is 18.2. The molecule has 2 rings (SSSR count). The molecular formula is C15H26N2O5S. The van der Waals surface area contributed by atoms with Crippen LogP contribution in [0.25, 0.3) is 0 Å². The van der Waals surface area contributed by atoms with Gasteiger partial charge in [0.1, 0.15) is 5.75 Å². The molecule has 1 aliphatic heterocycles.